The molecule has 3 rings (SSSR count). The minimum atomic E-state index is 0.226. The molecule has 3 heteroatoms. The minimum absolute atomic E-state index is 0.226. The van der Waals surface area contributed by atoms with E-state index in [-0.39, 0.29) is 5.92 Å². The van der Waals surface area contributed by atoms with E-state index in [1.54, 1.807) is 0 Å². The van der Waals surface area contributed by atoms with Gasteiger partial charge in [-0.3, -0.25) is 4.98 Å². The topological polar surface area (TPSA) is 48.1 Å². The highest BCUT2D eigenvalue weighted by atomic mass is 16.5. The predicted molar refractivity (Wildman–Crippen MR) is 71.0 cm³/mol. The van der Waals surface area contributed by atoms with E-state index in [0.29, 0.717) is 6.54 Å². The van der Waals surface area contributed by atoms with E-state index in [0.717, 1.165) is 29.3 Å². The number of fused-ring (bicyclic) bond motifs is 2. The van der Waals surface area contributed by atoms with Crippen LogP contribution in [0.5, 0.6) is 11.5 Å². The molecule has 0 radical (unpaired) electrons. The summed E-state index contributed by atoms with van der Waals surface area (Å²) in [6.07, 6.45) is 0.885. The maximum Gasteiger partial charge on any atom is 0.149 e. The van der Waals surface area contributed by atoms with Gasteiger partial charge < -0.3 is 10.5 Å². The van der Waals surface area contributed by atoms with Crippen LogP contribution in [0.1, 0.15) is 22.9 Å². The maximum atomic E-state index is 5.97. The molecule has 0 unspecified atom stereocenters. The molecule has 1 aromatic carbocycles. The van der Waals surface area contributed by atoms with Crippen LogP contribution in [0, 0.1) is 6.92 Å². The summed E-state index contributed by atoms with van der Waals surface area (Å²) in [4.78, 5) is 4.60. The second kappa shape index (κ2) is 4.42. The third kappa shape index (κ3) is 1.87. The van der Waals surface area contributed by atoms with Crippen molar-refractivity contribution in [2.75, 3.05) is 6.54 Å². The lowest BCUT2D eigenvalue weighted by Crippen LogP contribution is -2.16. The smallest absolute Gasteiger partial charge is 0.149 e. The molecule has 1 atom stereocenters. The van der Waals surface area contributed by atoms with E-state index in [1.807, 2.05) is 37.3 Å². The van der Waals surface area contributed by atoms with Crippen LogP contribution in [0.4, 0.5) is 0 Å². The van der Waals surface area contributed by atoms with Crippen molar-refractivity contribution in [3.8, 4) is 11.5 Å². The van der Waals surface area contributed by atoms with Crippen molar-refractivity contribution < 1.29 is 4.74 Å². The van der Waals surface area contributed by atoms with Crippen molar-refractivity contribution >= 4 is 0 Å². The van der Waals surface area contributed by atoms with Crippen LogP contribution < -0.4 is 10.5 Å². The number of rotatable bonds is 1. The van der Waals surface area contributed by atoms with Crippen LogP contribution in [-0.4, -0.2) is 11.5 Å². The number of hydrogen-bond acceptors (Lipinski definition) is 3. The zero-order valence-electron chi connectivity index (χ0n) is 10.4. The molecule has 3 nitrogen and oxygen atoms in total. The second-order valence-corrected chi connectivity index (χ2v) is 4.68. The van der Waals surface area contributed by atoms with Gasteiger partial charge >= 0.3 is 0 Å². The molecule has 1 aromatic heterocycles. The maximum absolute atomic E-state index is 5.97. The van der Waals surface area contributed by atoms with Crippen molar-refractivity contribution in [2.45, 2.75) is 19.3 Å². The first kappa shape index (κ1) is 11.2. The Hall–Kier alpha value is -1.87. The highest BCUT2D eigenvalue weighted by Crippen LogP contribution is 2.37. The molecule has 2 N–H and O–H groups in total. The first-order chi connectivity index (χ1) is 8.78. The van der Waals surface area contributed by atoms with Crippen LogP contribution in [0.3, 0.4) is 0 Å². The molecule has 2 aromatic rings. The Bertz CT molecular complexity index is 580. The SMILES string of the molecule is Cc1ccc2c(n1)[C@@H](CN)Cc1ccccc1O2. The molecular weight excluding hydrogens is 224 g/mol. The minimum Gasteiger partial charge on any atom is -0.455 e. The van der Waals surface area contributed by atoms with Gasteiger partial charge in [-0.05, 0) is 37.1 Å². The fraction of sp³-hybridized carbons (Fsp3) is 0.267. The predicted octanol–water partition coefficient (Wildman–Crippen LogP) is 2.78. The summed E-state index contributed by atoms with van der Waals surface area (Å²) in [7, 11) is 0. The van der Waals surface area contributed by atoms with Crippen molar-refractivity contribution in [2.24, 2.45) is 5.73 Å². The van der Waals surface area contributed by atoms with E-state index < -0.39 is 0 Å². The second-order valence-electron chi connectivity index (χ2n) is 4.68. The number of nitrogens with zero attached hydrogens (tertiary/aromatic N) is 1. The van der Waals surface area contributed by atoms with E-state index in [9.17, 15) is 0 Å². The van der Waals surface area contributed by atoms with Crippen molar-refractivity contribution in [1.82, 2.24) is 4.98 Å². The molecule has 92 valence electrons. The lowest BCUT2D eigenvalue weighted by atomic mass is 9.95. The highest BCUT2D eigenvalue weighted by Gasteiger charge is 2.23. The lowest BCUT2D eigenvalue weighted by molar-refractivity contribution is 0.474. The zero-order chi connectivity index (χ0) is 12.5. The molecule has 0 saturated carbocycles. The van der Waals surface area contributed by atoms with Crippen LogP contribution in [-0.2, 0) is 6.42 Å². The quantitative estimate of drug-likeness (QED) is 0.833. The summed E-state index contributed by atoms with van der Waals surface area (Å²) in [5.41, 5.74) is 9.08. The van der Waals surface area contributed by atoms with Gasteiger partial charge in [0.1, 0.15) is 11.5 Å². The van der Waals surface area contributed by atoms with Gasteiger partial charge in [0.05, 0.1) is 5.69 Å². The number of hydrogen-bond donors (Lipinski definition) is 1. The molecule has 1 aliphatic heterocycles. The molecule has 0 saturated heterocycles. The average Bonchev–Trinajstić information content (AvgIpc) is 2.54. The Morgan fingerprint density at radius 2 is 2.06 bits per heavy atom. The molecule has 0 bridgehead atoms. The lowest BCUT2D eigenvalue weighted by Gasteiger charge is -2.13. The fourth-order valence-corrected chi connectivity index (χ4v) is 2.39. The zero-order valence-corrected chi connectivity index (χ0v) is 10.4. The van der Waals surface area contributed by atoms with E-state index in [2.05, 4.69) is 11.1 Å². The van der Waals surface area contributed by atoms with Crippen LogP contribution >= 0.6 is 0 Å². The van der Waals surface area contributed by atoms with Crippen LogP contribution in [0.15, 0.2) is 36.4 Å². The molecular formula is C15H16N2O. The number of pyridine rings is 1. The summed E-state index contributed by atoms with van der Waals surface area (Å²) >= 11 is 0. The summed E-state index contributed by atoms with van der Waals surface area (Å²) < 4.78 is 5.97. The van der Waals surface area contributed by atoms with Gasteiger partial charge in [-0.25, -0.2) is 0 Å². The third-order valence-electron chi connectivity index (χ3n) is 3.36. The monoisotopic (exact) mass is 240 g/mol. The summed E-state index contributed by atoms with van der Waals surface area (Å²) in [5.74, 6) is 1.98. The molecule has 1 aliphatic rings. The molecule has 2 heterocycles. The fourth-order valence-electron chi connectivity index (χ4n) is 2.39. The Labute approximate surface area is 107 Å². The average molecular weight is 240 g/mol. The summed E-state index contributed by atoms with van der Waals surface area (Å²) in [6, 6.07) is 12.1. The number of benzene rings is 1. The highest BCUT2D eigenvalue weighted by molar-refractivity contribution is 5.45. The first-order valence-corrected chi connectivity index (χ1v) is 6.21. The number of nitrogens with two attached hydrogens (primary N) is 1. The standard InChI is InChI=1S/C15H16N2O/c1-10-6-7-14-15(17-10)12(9-16)8-11-4-2-3-5-13(11)18-14/h2-7,12H,8-9,16H2,1H3/t12-/m1/s1. The molecule has 0 spiro atoms. The Morgan fingerprint density at radius 3 is 2.89 bits per heavy atom. The third-order valence-corrected chi connectivity index (χ3v) is 3.36. The van der Waals surface area contributed by atoms with Gasteiger partial charge in [-0.15, -0.1) is 0 Å². The Kier molecular flexibility index (Phi) is 2.76. The largest absolute Gasteiger partial charge is 0.455 e. The van der Waals surface area contributed by atoms with E-state index >= 15 is 0 Å². The molecule has 0 amide bonds. The van der Waals surface area contributed by atoms with Crippen molar-refractivity contribution in [3.05, 3.63) is 53.3 Å². The van der Waals surface area contributed by atoms with Gasteiger partial charge in [0.15, 0.2) is 0 Å². The number of ether oxygens (including phenoxy) is 1. The van der Waals surface area contributed by atoms with E-state index in [4.69, 9.17) is 10.5 Å². The first-order valence-electron chi connectivity index (χ1n) is 6.21. The van der Waals surface area contributed by atoms with Gasteiger partial charge in [-0.2, -0.15) is 0 Å². The number of aryl methyl sites for hydroxylation is 1. The van der Waals surface area contributed by atoms with Gasteiger partial charge in [0, 0.05) is 18.2 Å². The van der Waals surface area contributed by atoms with Crippen molar-refractivity contribution in [3.63, 3.8) is 0 Å². The summed E-state index contributed by atoms with van der Waals surface area (Å²) in [6.45, 7) is 2.58. The van der Waals surface area contributed by atoms with Crippen LogP contribution in [0.2, 0.25) is 0 Å². The Balaban J connectivity index is 2.14. The van der Waals surface area contributed by atoms with Crippen molar-refractivity contribution in [1.29, 1.82) is 0 Å². The molecule has 0 aliphatic carbocycles. The van der Waals surface area contributed by atoms with Crippen LogP contribution in [0.25, 0.3) is 0 Å². The van der Waals surface area contributed by atoms with Gasteiger partial charge in [0.2, 0.25) is 0 Å². The normalized spacial score (nSPS) is 17.3. The van der Waals surface area contributed by atoms with Gasteiger partial charge in [-0.1, -0.05) is 18.2 Å². The number of aromatic nitrogens is 1. The molecule has 18 heavy (non-hydrogen) atoms. The van der Waals surface area contributed by atoms with E-state index in [1.165, 1.54) is 5.56 Å². The number of para-hydroxylation sites is 1. The molecule has 0 fully saturated rings. The van der Waals surface area contributed by atoms with Gasteiger partial charge in [0.25, 0.3) is 0 Å². The summed E-state index contributed by atoms with van der Waals surface area (Å²) in [5, 5.41) is 0. The Morgan fingerprint density at radius 1 is 1.22 bits per heavy atom.